The van der Waals surface area contributed by atoms with Gasteiger partial charge in [-0.05, 0) is 12.8 Å². The van der Waals surface area contributed by atoms with Crippen LogP contribution in [0, 0.1) is 0 Å². The highest BCUT2D eigenvalue weighted by Crippen LogP contribution is 2.22. The number of morpholine rings is 1. The number of carbonyl (C=O) groups excluding carboxylic acids is 1. The summed E-state index contributed by atoms with van der Waals surface area (Å²) in [7, 11) is -3.05. The molecule has 0 aromatic heterocycles. The van der Waals surface area contributed by atoms with Crippen molar-refractivity contribution in [2.45, 2.75) is 24.9 Å². The smallest absolute Gasteiger partial charge is 0.249 e. The van der Waals surface area contributed by atoms with Gasteiger partial charge in [-0.25, -0.2) is 8.42 Å². The summed E-state index contributed by atoms with van der Waals surface area (Å²) in [6.45, 7) is 0.0636. The SMILES string of the molecule is O=C1COCC(CO)N1C1CCCS(=O)(=O)C1. The van der Waals surface area contributed by atoms with E-state index in [-0.39, 0.29) is 43.3 Å². The molecule has 2 rings (SSSR count). The second-order valence-corrected chi connectivity index (χ2v) is 6.79. The van der Waals surface area contributed by atoms with Gasteiger partial charge >= 0.3 is 0 Å². The highest BCUT2D eigenvalue weighted by atomic mass is 32.2. The van der Waals surface area contributed by atoms with Gasteiger partial charge in [0.05, 0.1) is 30.8 Å². The lowest BCUT2D eigenvalue weighted by Gasteiger charge is -2.41. The van der Waals surface area contributed by atoms with E-state index in [1.807, 2.05) is 0 Å². The van der Waals surface area contributed by atoms with Gasteiger partial charge in [-0.15, -0.1) is 0 Å². The van der Waals surface area contributed by atoms with E-state index < -0.39 is 15.9 Å². The minimum absolute atomic E-state index is 0.00917. The predicted molar refractivity (Wildman–Crippen MR) is 60.2 cm³/mol. The van der Waals surface area contributed by atoms with Crippen molar-refractivity contribution in [1.29, 1.82) is 0 Å². The zero-order chi connectivity index (χ0) is 12.5. The minimum atomic E-state index is -3.05. The van der Waals surface area contributed by atoms with Gasteiger partial charge in [-0.1, -0.05) is 0 Å². The first-order valence-electron chi connectivity index (χ1n) is 5.73. The van der Waals surface area contributed by atoms with Crippen molar-refractivity contribution in [2.24, 2.45) is 0 Å². The van der Waals surface area contributed by atoms with Crippen LogP contribution in [-0.4, -0.2) is 67.7 Å². The molecule has 0 spiro atoms. The molecule has 2 saturated heterocycles. The first kappa shape index (κ1) is 12.8. The number of hydrogen-bond acceptors (Lipinski definition) is 5. The van der Waals surface area contributed by atoms with Crippen molar-refractivity contribution in [3.63, 3.8) is 0 Å². The third-order valence-electron chi connectivity index (χ3n) is 3.26. The van der Waals surface area contributed by atoms with Crippen LogP contribution in [0.1, 0.15) is 12.8 Å². The first-order chi connectivity index (χ1) is 8.03. The standard InChI is InChI=1S/C10H17NO5S/c12-4-9-5-16-6-10(13)11(9)8-2-1-3-17(14,15)7-8/h8-9,12H,1-7H2. The van der Waals surface area contributed by atoms with Gasteiger partial charge in [-0.3, -0.25) is 4.79 Å². The zero-order valence-corrected chi connectivity index (χ0v) is 10.4. The van der Waals surface area contributed by atoms with E-state index in [9.17, 15) is 18.3 Å². The van der Waals surface area contributed by atoms with Crippen molar-refractivity contribution >= 4 is 15.7 Å². The predicted octanol–water partition coefficient (Wildman–Crippen LogP) is -1.22. The molecule has 0 aromatic carbocycles. The molecule has 2 atom stereocenters. The number of aliphatic hydroxyl groups is 1. The van der Waals surface area contributed by atoms with Crippen LogP contribution in [0.15, 0.2) is 0 Å². The number of rotatable bonds is 2. The van der Waals surface area contributed by atoms with Crippen LogP contribution in [0.4, 0.5) is 0 Å². The fourth-order valence-corrected chi connectivity index (χ4v) is 4.19. The fourth-order valence-electron chi connectivity index (χ4n) is 2.50. The number of amides is 1. The Hall–Kier alpha value is -0.660. The van der Waals surface area contributed by atoms with E-state index in [1.165, 1.54) is 4.90 Å². The van der Waals surface area contributed by atoms with Crippen molar-refractivity contribution in [2.75, 3.05) is 31.3 Å². The Balaban J connectivity index is 2.15. The molecule has 2 unspecified atom stereocenters. The molecule has 0 radical (unpaired) electrons. The molecule has 0 aliphatic carbocycles. The summed E-state index contributed by atoms with van der Waals surface area (Å²) in [4.78, 5) is 13.3. The van der Waals surface area contributed by atoms with Gasteiger partial charge < -0.3 is 14.7 Å². The maximum Gasteiger partial charge on any atom is 0.249 e. The largest absolute Gasteiger partial charge is 0.394 e. The Kier molecular flexibility index (Phi) is 3.70. The summed E-state index contributed by atoms with van der Waals surface area (Å²) in [5.41, 5.74) is 0. The molecule has 0 bridgehead atoms. The topological polar surface area (TPSA) is 83.9 Å². The monoisotopic (exact) mass is 263 g/mol. The summed E-state index contributed by atoms with van der Waals surface area (Å²) in [5, 5.41) is 9.22. The van der Waals surface area contributed by atoms with E-state index in [2.05, 4.69) is 0 Å². The molecule has 0 aromatic rings. The maximum absolute atomic E-state index is 11.8. The highest BCUT2D eigenvalue weighted by Gasteiger charge is 2.37. The van der Waals surface area contributed by atoms with E-state index in [0.717, 1.165) is 0 Å². The highest BCUT2D eigenvalue weighted by molar-refractivity contribution is 7.91. The van der Waals surface area contributed by atoms with Gasteiger partial charge in [0.15, 0.2) is 9.84 Å². The molecule has 1 amide bonds. The van der Waals surface area contributed by atoms with Crippen LogP contribution in [0.5, 0.6) is 0 Å². The van der Waals surface area contributed by atoms with E-state index in [4.69, 9.17) is 4.74 Å². The number of ether oxygens (including phenoxy) is 1. The van der Waals surface area contributed by atoms with Crippen molar-refractivity contribution in [3.8, 4) is 0 Å². The molecule has 98 valence electrons. The quantitative estimate of drug-likeness (QED) is 0.675. The van der Waals surface area contributed by atoms with Crippen LogP contribution in [0.2, 0.25) is 0 Å². The van der Waals surface area contributed by atoms with E-state index in [1.54, 1.807) is 0 Å². The Bertz CT molecular complexity index is 394. The minimum Gasteiger partial charge on any atom is -0.394 e. The third kappa shape index (κ3) is 2.78. The number of hydrogen-bond donors (Lipinski definition) is 1. The van der Waals surface area contributed by atoms with Gasteiger partial charge in [0.1, 0.15) is 6.61 Å². The fraction of sp³-hybridized carbons (Fsp3) is 0.900. The molecule has 2 aliphatic heterocycles. The van der Waals surface area contributed by atoms with Gasteiger partial charge in [0.2, 0.25) is 5.91 Å². The number of aliphatic hydroxyl groups excluding tert-OH is 1. The molecule has 2 heterocycles. The number of carbonyl (C=O) groups is 1. The van der Waals surface area contributed by atoms with Gasteiger partial charge in [0.25, 0.3) is 0 Å². The van der Waals surface area contributed by atoms with E-state index >= 15 is 0 Å². The van der Waals surface area contributed by atoms with Crippen LogP contribution in [-0.2, 0) is 19.4 Å². The summed E-state index contributed by atoms with van der Waals surface area (Å²) in [5.74, 6) is -0.0152. The Morgan fingerprint density at radius 1 is 1.47 bits per heavy atom. The van der Waals surface area contributed by atoms with Crippen molar-refractivity contribution in [3.05, 3.63) is 0 Å². The average molecular weight is 263 g/mol. The van der Waals surface area contributed by atoms with E-state index in [0.29, 0.717) is 12.8 Å². The van der Waals surface area contributed by atoms with Gasteiger partial charge in [-0.2, -0.15) is 0 Å². The van der Waals surface area contributed by atoms with Crippen LogP contribution in [0.25, 0.3) is 0 Å². The maximum atomic E-state index is 11.8. The summed E-state index contributed by atoms with van der Waals surface area (Å²) >= 11 is 0. The third-order valence-corrected chi connectivity index (χ3v) is 5.06. The Morgan fingerprint density at radius 3 is 2.88 bits per heavy atom. The Morgan fingerprint density at radius 2 is 2.24 bits per heavy atom. The average Bonchev–Trinajstić information content (AvgIpc) is 2.27. The first-order valence-corrected chi connectivity index (χ1v) is 7.56. The second kappa shape index (κ2) is 4.91. The molecule has 6 nitrogen and oxygen atoms in total. The number of nitrogens with zero attached hydrogens (tertiary/aromatic N) is 1. The lowest BCUT2D eigenvalue weighted by molar-refractivity contribution is -0.153. The van der Waals surface area contributed by atoms with Gasteiger partial charge in [0, 0.05) is 6.04 Å². The lowest BCUT2D eigenvalue weighted by atomic mass is 10.1. The second-order valence-electron chi connectivity index (χ2n) is 4.56. The lowest BCUT2D eigenvalue weighted by Crippen LogP contribution is -2.58. The molecular formula is C10H17NO5S. The Labute approximate surface area is 100 Å². The van der Waals surface area contributed by atoms with Crippen LogP contribution in [0.3, 0.4) is 0 Å². The molecular weight excluding hydrogens is 246 g/mol. The van der Waals surface area contributed by atoms with Crippen molar-refractivity contribution < 1.29 is 23.1 Å². The molecule has 1 N–H and O–H groups in total. The van der Waals surface area contributed by atoms with Crippen LogP contribution < -0.4 is 0 Å². The normalized spacial score (nSPS) is 33.7. The zero-order valence-electron chi connectivity index (χ0n) is 9.54. The molecule has 2 aliphatic rings. The molecule has 17 heavy (non-hydrogen) atoms. The summed E-state index contributed by atoms with van der Waals surface area (Å²) < 4.78 is 28.2. The molecule has 2 fully saturated rings. The number of sulfone groups is 1. The molecule has 7 heteroatoms. The van der Waals surface area contributed by atoms with Crippen molar-refractivity contribution in [1.82, 2.24) is 4.90 Å². The summed E-state index contributed by atoms with van der Waals surface area (Å²) in [6.07, 6.45) is 1.26. The molecule has 0 saturated carbocycles. The summed E-state index contributed by atoms with van der Waals surface area (Å²) in [6, 6.07) is -0.711. The van der Waals surface area contributed by atoms with Crippen LogP contribution >= 0.6 is 0 Å².